The number of hydrogen-bond acceptors (Lipinski definition) is 4. The molecule has 0 saturated carbocycles. The zero-order valence-electron chi connectivity index (χ0n) is 16.0. The molecule has 29 heavy (non-hydrogen) atoms. The predicted molar refractivity (Wildman–Crippen MR) is 102 cm³/mol. The van der Waals surface area contributed by atoms with E-state index in [0.717, 1.165) is 18.6 Å². The van der Waals surface area contributed by atoms with E-state index in [1.807, 2.05) is 6.92 Å². The van der Waals surface area contributed by atoms with Gasteiger partial charge in [-0.2, -0.15) is 0 Å². The Balaban J connectivity index is 1.69. The SMILES string of the molecule is CCCN1CCC(C(=O)c2cccc(NC(=O)c3ccc(F)cc3F)n2)CC1F. The van der Waals surface area contributed by atoms with Gasteiger partial charge in [-0.15, -0.1) is 0 Å². The molecule has 1 fully saturated rings. The Morgan fingerprint density at radius 2 is 2.03 bits per heavy atom. The molecule has 1 aromatic heterocycles. The van der Waals surface area contributed by atoms with Crippen molar-refractivity contribution in [3.63, 3.8) is 0 Å². The number of hydrogen-bond donors (Lipinski definition) is 1. The summed E-state index contributed by atoms with van der Waals surface area (Å²) < 4.78 is 41.1. The molecule has 5 nitrogen and oxygen atoms in total. The van der Waals surface area contributed by atoms with Gasteiger partial charge in [-0.1, -0.05) is 13.0 Å². The summed E-state index contributed by atoms with van der Waals surface area (Å²) in [5, 5.41) is 2.40. The molecule has 1 aliphatic heterocycles. The number of carbonyl (C=O) groups is 2. The molecule has 3 rings (SSSR count). The maximum absolute atomic E-state index is 14.3. The summed E-state index contributed by atoms with van der Waals surface area (Å²) in [7, 11) is 0. The number of halogens is 3. The molecule has 2 heterocycles. The predicted octanol–water partition coefficient (Wildman–Crippen LogP) is 4.21. The number of nitrogens with zero attached hydrogens (tertiary/aromatic N) is 2. The van der Waals surface area contributed by atoms with E-state index < -0.39 is 29.8 Å². The highest BCUT2D eigenvalue weighted by Gasteiger charge is 2.32. The average molecular weight is 405 g/mol. The molecule has 1 N–H and O–H groups in total. The first-order chi connectivity index (χ1) is 13.9. The molecule has 8 heteroatoms. The zero-order valence-corrected chi connectivity index (χ0v) is 16.0. The fourth-order valence-electron chi connectivity index (χ4n) is 3.45. The summed E-state index contributed by atoms with van der Waals surface area (Å²) in [5.41, 5.74) is -0.225. The molecule has 1 aromatic carbocycles. The normalized spacial score (nSPS) is 19.7. The van der Waals surface area contributed by atoms with Gasteiger partial charge in [0.25, 0.3) is 5.91 Å². The molecule has 2 atom stereocenters. The summed E-state index contributed by atoms with van der Waals surface area (Å²) >= 11 is 0. The first-order valence-electron chi connectivity index (χ1n) is 9.54. The van der Waals surface area contributed by atoms with Gasteiger partial charge in [-0.05, 0) is 37.1 Å². The second kappa shape index (κ2) is 9.17. The number of piperidine rings is 1. The van der Waals surface area contributed by atoms with Crippen LogP contribution in [0, 0.1) is 17.6 Å². The third-order valence-corrected chi connectivity index (χ3v) is 4.94. The van der Waals surface area contributed by atoms with Gasteiger partial charge in [-0.25, -0.2) is 18.2 Å². The summed E-state index contributed by atoms with van der Waals surface area (Å²) in [6, 6.07) is 7.11. The standard InChI is InChI=1S/C21H22F3N3O2/c1-2-9-27-10-8-13(11-18(27)24)20(28)17-4-3-5-19(25-17)26-21(29)15-7-6-14(22)12-16(15)23/h3-7,12-13,18H,2,8-11H2,1H3,(H,25,26,29). The van der Waals surface area contributed by atoms with Crippen molar-refractivity contribution < 1.29 is 22.8 Å². The van der Waals surface area contributed by atoms with Crippen LogP contribution in [0.15, 0.2) is 36.4 Å². The van der Waals surface area contributed by atoms with Crippen LogP contribution in [0.25, 0.3) is 0 Å². The maximum atomic E-state index is 14.3. The highest BCUT2D eigenvalue weighted by Crippen LogP contribution is 2.27. The lowest BCUT2D eigenvalue weighted by Crippen LogP contribution is -2.42. The van der Waals surface area contributed by atoms with Crippen molar-refractivity contribution in [1.29, 1.82) is 0 Å². The van der Waals surface area contributed by atoms with Crippen LogP contribution in [0.2, 0.25) is 0 Å². The average Bonchev–Trinajstić information content (AvgIpc) is 2.69. The van der Waals surface area contributed by atoms with Crippen LogP contribution in [-0.2, 0) is 0 Å². The molecular weight excluding hydrogens is 383 g/mol. The number of likely N-dealkylation sites (tertiary alicyclic amines) is 1. The largest absolute Gasteiger partial charge is 0.306 e. The van der Waals surface area contributed by atoms with Crippen LogP contribution >= 0.6 is 0 Å². The van der Waals surface area contributed by atoms with Gasteiger partial charge in [0, 0.05) is 31.5 Å². The fraction of sp³-hybridized carbons (Fsp3) is 0.381. The lowest BCUT2D eigenvalue weighted by molar-refractivity contribution is 0.0216. The van der Waals surface area contributed by atoms with Gasteiger partial charge in [0.15, 0.2) is 12.1 Å². The monoisotopic (exact) mass is 405 g/mol. The van der Waals surface area contributed by atoms with Gasteiger partial charge < -0.3 is 5.32 Å². The number of carbonyl (C=O) groups excluding carboxylic acids is 2. The highest BCUT2D eigenvalue weighted by atomic mass is 19.1. The lowest BCUT2D eigenvalue weighted by Gasteiger charge is -2.34. The summed E-state index contributed by atoms with van der Waals surface area (Å²) in [4.78, 5) is 30.8. The van der Waals surface area contributed by atoms with E-state index in [2.05, 4.69) is 10.3 Å². The number of rotatable bonds is 6. The van der Waals surface area contributed by atoms with Crippen molar-refractivity contribution in [3.8, 4) is 0 Å². The maximum Gasteiger partial charge on any atom is 0.259 e. The molecule has 154 valence electrons. The van der Waals surface area contributed by atoms with Gasteiger partial charge in [-0.3, -0.25) is 14.5 Å². The van der Waals surface area contributed by atoms with E-state index >= 15 is 0 Å². The molecular formula is C21H22F3N3O2. The second-order valence-electron chi connectivity index (χ2n) is 7.04. The number of amides is 1. The number of alkyl halides is 1. The van der Waals surface area contributed by atoms with Crippen LogP contribution in [0.1, 0.15) is 47.0 Å². The van der Waals surface area contributed by atoms with Crippen molar-refractivity contribution in [2.75, 3.05) is 18.4 Å². The van der Waals surface area contributed by atoms with E-state index in [-0.39, 0.29) is 29.3 Å². The van der Waals surface area contributed by atoms with Gasteiger partial charge in [0.2, 0.25) is 0 Å². The Morgan fingerprint density at radius 3 is 2.72 bits per heavy atom. The summed E-state index contributed by atoms with van der Waals surface area (Å²) in [6.07, 6.45) is 0.328. The third-order valence-electron chi connectivity index (χ3n) is 4.94. The Labute approximate surface area is 166 Å². The quantitative estimate of drug-likeness (QED) is 0.578. The fourth-order valence-corrected chi connectivity index (χ4v) is 3.45. The van der Waals surface area contributed by atoms with E-state index in [0.29, 0.717) is 25.6 Å². The first kappa shape index (κ1) is 21.0. The Hall–Kier alpha value is -2.74. The number of ketones is 1. The number of anilines is 1. The minimum Gasteiger partial charge on any atom is -0.306 e. The number of aromatic nitrogens is 1. The minimum atomic E-state index is -1.16. The molecule has 0 aliphatic carbocycles. The van der Waals surface area contributed by atoms with Crippen molar-refractivity contribution in [2.24, 2.45) is 5.92 Å². The Kier molecular flexibility index (Phi) is 6.64. The van der Waals surface area contributed by atoms with Crippen molar-refractivity contribution in [3.05, 3.63) is 59.3 Å². The van der Waals surface area contributed by atoms with Crippen LogP contribution in [0.4, 0.5) is 19.0 Å². The summed E-state index contributed by atoms with van der Waals surface area (Å²) in [5.74, 6) is -3.30. The van der Waals surface area contributed by atoms with Gasteiger partial charge in [0.05, 0.1) is 5.56 Å². The molecule has 2 aromatic rings. The molecule has 0 radical (unpaired) electrons. The second-order valence-corrected chi connectivity index (χ2v) is 7.04. The van der Waals surface area contributed by atoms with Crippen molar-refractivity contribution >= 4 is 17.5 Å². The highest BCUT2D eigenvalue weighted by molar-refractivity contribution is 6.04. The van der Waals surface area contributed by atoms with Crippen LogP contribution < -0.4 is 5.32 Å². The van der Waals surface area contributed by atoms with Crippen LogP contribution in [0.5, 0.6) is 0 Å². The first-order valence-corrected chi connectivity index (χ1v) is 9.54. The molecule has 2 unspecified atom stereocenters. The Morgan fingerprint density at radius 1 is 1.24 bits per heavy atom. The van der Waals surface area contributed by atoms with E-state index in [9.17, 15) is 22.8 Å². The number of pyridine rings is 1. The molecule has 1 aliphatic rings. The van der Waals surface area contributed by atoms with E-state index in [1.54, 1.807) is 4.90 Å². The lowest BCUT2D eigenvalue weighted by atomic mass is 9.90. The van der Waals surface area contributed by atoms with Gasteiger partial charge >= 0.3 is 0 Å². The molecule has 0 bridgehead atoms. The van der Waals surface area contributed by atoms with Crippen molar-refractivity contribution in [2.45, 2.75) is 32.5 Å². The van der Waals surface area contributed by atoms with Crippen LogP contribution in [0.3, 0.4) is 0 Å². The van der Waals surface area contributed by atoms with E-state index in [1.165, 1.54) is 18.2 Å². The smallest absolute Gasteiger partial charge is 0.259 e. The topological polar surface area (TPSA) is 62.3 Å². The zero-order chi connectivity index (χ0) is 21.0. The Bertz CT molecular complexity index is 906. The minimum absolute atomic E-state index is 0.0600. The third kappa shape index (κ3) is 5.00. The number of Topliss-reactive ketones (excluding diaryl/α,β-unsaturated/α-hetero) is 1. The van der Waals surface area contributed by atoms with Gasteiger partial charge in [0.1, 0.15) is 23.1 Å². The number of nitrogens with one attached hydrogen (secondary N) is 1. The molecule has 0 spiro atoms. The van der Waals surface area contributed by atoms with Crippen molar-refractivity contribution in [1.82, 2.24) is 9.88 Å². The molecule has 1 saturated heterocycles. The number of benzene rings is 1. The van der Waals surface area contributed by atoms with E-state index in [4.69, 9.17) is 0 Å². The molecule has 1 amide bonds. The summed E-state index contributed by atoms with van der Waals surface area (Å²) in [6.45, 7) is 3.14. The van der Waals surface area contributed by atoms with Crippen LogP contribution in [-0.4, -0.2) is 41.0 Å².